The molecule has 0 aliphatic rings. The molecule has 0 aromatic heterocycles. The molecule has 0 fully saturated rings. The number of nitrogens with one attached hydrogen (secondary N) is 1. The molecule has 0 radical (unpaired) electrons. The van der Waals surface area contributed by atoms with Gasteiger partial charge in [-0.15, -0.1) is 0 Å². The van der Waals surface area contributed by atoms with E-state index >= 15 is 0 Å². The molecule has 3 N–H and O–H groups in total. The van der Waals surface area contributed by atoms with E-state index in [9.17, 15) is 4.79 Å². The first kappa shape index (κ1) is 14.9. The molecule has 2 aromatic rings. The van der Waals surface area contributed by atoms with Gasteiger partial charge in [0.1, 0.15) is 5.75 Å². The summed E-state index contributed by atoms with van der Waals surface area (Å²) in [4.78, 5) is 12.3. The number of rotatable bonds is 4. The molecule has 1 unspecified atom stereocenters. The second kappa shape index (κ2) is 6.31. The highest BCUT2D eigenvalue weighted by Gasteiger charge is 2.12. The van der Waals surface area contributed by atoms with Gasteiger partial charge in [0.25, 0.3) is 5.91 Å². The van der Waals surface area contributed by atoms with E-state index in [0.29, 0.717) is 11.3 Å². The third-order valence-electron chi connectivity index (χ3n) is 3.47. The van der Waals surface area contributed by atoms with Gasteiger partial charge in [0.15, 0.2) is 0 Å². The van der Waals surface area contributed by atoms with Crippen molar-refractivity contribution in [1.82, 2.24) is 5.32 Å². The maximum atomic E-state index is 12.3. The van der Waals surface area contributed by atoms with Crippen molar-refractivity contribution in [1.29, 1.82) is 0 Å². The Morgan fingerprint density at radius 2 is 2.00 bits per heavy atom. The Kier molecular flexibility index (Phi) is 4.48. The van der Waals surface area contributed by atoms with Gasteiger partial charge in [-0.1, -0.05) is 12.1 Å². The number of carbonyl (C=O) groups is 1. The van der Waals surface area contributed by atoms with Gasteiger partial charge < -0.3 is 15.8 Å². The van der Waals surface area contributed by atoms with E-state index in [4.69, 9.17) is 10.5 Å². The molecule has 0 spiro atoms. The Hall–Kier alpha value is -2.49. The zero-order valence-electron chi connectivity index (χ0n) is 12.5. The molecule has 1 atom stereocenters. The highest BCUT2D eigenvalue weighted by atomic mass is 16.5. The summed E-state index contributed by atoms with van der Waals surface area (Å²) in [5.74, 6) is 0.658. The van der Waals surface area contributed by atoms with Crippen LogP contribution in [0.25, 0.3) is 0 Å². The molecule has 0 bridgehead atoms. The number of carbonyl (C=O) groups excluding carboxylic acids is 1. The molecule has 4 nitrogen and oxygen atoms in total. The minimum atomic E-state index is -0.117. The number of aryl methyl sites for hydroxylation is 1. The summed E-state index contributed by atoms with van der Waals surface area (Å²) in [5.41, 5.74) is 8.96. The number of methoxy groups -OCH3 is 1. The molecular formula is C17H20N2O2. The minimum absolute atomic E-state index is 0.106. The predicted octanol–water partition coefficient (Wildman–Crippen LogP) is 3.08. The van der Waals surface area contributed by atoms with Gasteiger partial charge in [0, 0.05) is 11.3 Å². The van der Waals surface area contributed by atoms with Crippen LogP contribution in [0.1, 0.15) is 34.5 Å². The molecular weight excluding hydrogens is 264 g/mol. The van der Waals surface area contributed by atoms with Crippen molar-refractivity contribution in [2.75, 3.05) is 12.8 Å². The third kappa shape index (κ3) is 3.54. The molecule has 110 valence electrons. The minimum Gasteiger partial charge on any atom is -0.497 e. The first-order valence-electron chi connectivity index (χ1n) is 6.82. The van der Waals surface area contributed by atoms with Crippen molar-refractivity contribution in [2.45, 2.75) is 19.9 Å². The number of hydrogen-bond donors (Lipinski definition) is 2. The highest BCUT2D eigenvalue weighted by Crippen LogP contribution is 2.19. The standard InChI is InChI=1S/C17H20N2O2/c1-11-9-14(7-8-16(11)18)17(20)19-12(2)13-5-4-6-15(10-13)21-3/h4-10,12H,18H2,1-3H3,(H,19,20). The Morgan fingerprint density at radius 1 is 1.24 bits per heavy atom. The van der Waals surface area contributed by atoms with Crippen molar-refractivity contribution in [3.05, 3.63) is 59.2 Å². The monoisotopic (exact) mass is 284 g/mol. The van der Waals surface area contributed by atoms with Gasteiger partial charge in [-0.3, -0.25) is 4.79 Å². The Balaban J connectivity index is 2.12. The molecule has 2 aromatic carbocycles. The lowest BCUT2D eigenvalue weighted by atomic mass is 10.1. The summed E-state index contributed by atoms with van der Waals surface area (Å²) in [6.07, 6.45) is 0. The summed E-state index contributed by atoms with van der Waals surface area (Å²) < 4.78 is 5.20. The number of anilines is 1. The van der Waals surface area contributed by atoms with Crippen LogP contribution >= 0.6 is 0 Å². The Labute approximate surface area is 124 Å². The van der Waals surface area contributed by atoms with E-state index in [-0.39, 0.29) is 11.9 Å². The van der Waals surface area contributed by atoms with E-state index in [1.54, 1.807) is 25.3 Å². The zero-order chi connectivity index (χ0) is 15.4. The molecule has 0 saturated carbocycles. The van der Waals surface area contributed by atoms with Crippen molar-refractivity contribution in [3.8, 4) is 5.75 Å². The van der Waals surface area contributed by atoms with Gasteiger partial charge in [-0.05, 0) is 55.3 Å². The average molecular weight is 284 g/mol. The molecule has 0 heterocycles. The summed E-state index contributed by atoms with van der Waals surface area (Å²) in [6.45, 7) is 3.83. The zero-order valence-corrected chi connectivity index (χ0v) is 12.5. The molecule has 0 aliphatic heterocycles. The summed E-state index contributed by atoms with van der Waals surface area (Å²) >= 11 is 0. The molecule has 0 saturated heterocycles. The molecule has 0 aliphatic carbocycles. The Bertz CT molecular complexity index is 653. The normalized spacial score (nSPS) is 11.8. The fourth-order valence-corrected chi connectivity index (χ4v) is 2.09. The number of hydrogen-bond acceptors (Lipinski definition) is 3. The first-order valence-corrected chi connectivity index (χ1v) is 6.82. The number of benzene rings is 2. The lowest BCUT2D eigenvalue weighted by Crippen LogP contribution is -2.26. The van der Waals surface area contributed by atoms with E-state index in [1.807, 2.05) is 38.1 Å². The second-order valence-corrected chi connectivity index (χ2v) is 5.04. The fraction of sp³-hybridized carbons (Fsp3) is 0.235. The smallest absolute Gasteiger partial charge is 0.251 e. The maximum Gasteiger partial charge on any atom is 0.251 e. The number of nitrogens with two attached hydrogens (primary N) is 1. The fourth-order valence-electron chi connectivity index (χ4n) is 2.09. The molecule has 21 heavy (non-hydrogen) atoms. The Morgan fingerprint density at radius 3 is 2.67 bits per heavy atom. The van der Waals surface area contributed by atoms with E-state index in [0.717, 1.165) is 16.9 Å². The topological polar surface area (TPSA) is 64.3 Å². The van der Waals surface area contributed by atoms with Gasteiger partial charge in [0.2, 0.25) is 0 Å². The van der Waals surface area contributed by atoms with Crippen LogP contribution in [-0.2, 0) is 0 Å². The summed E-state index contributed by atoms with van der Waals surface area (Å²) in [6, 6.07) is 12.8. The van der Waals surface area contributed by atoms with Crippen LogP contribution in [0.5, 0.6) is 5.75 Å². The van der Waals surface area contributed by atoms with Crippen LogP contribution < -0.4 is 15.8 Å². The van der Waals surface area contributed by atoms with Gasteiger partial charge in [-0.2, -0.15) is 0 Å². The van der Waals surface area contributed by atoms with Gasteiger partial charge in [-0.25, -0.2) is 0 Å². The maximum absolute atomic E-state index is 12.3. The lowest BCUT2D eigenvalue weighted by Gasteiger charge is -2.15. The first-order chi connectivity index (χ1) is 10.0. The van der Waals surface area contributed by atoms with E-state index in [1.165, 1.54) is 0 Å². The number of nitrogen functional groups attached to an aromatic ring is 1. The molecule has 1 amide bonds. The number of ether oxygens (including phenoxy) is 1. The second-order valence-electron chi connectivity index (χ2n) is 5.04. The lowest BCUT2D eigenvalue weighted by molar-refractivity contribution is 0.0940. The van der Waals surface area contributed by atoms with Crippen LogP contribution in [-0.4, -0.2) is 13.0 Å². The van der Waals surface area contributed by atoms with Crippen molar-refractivity contribution in [3.63, 3.8) is 0 Å². The average Bonchev–Trinajstić information content (AvgIpc) is 2.49. The van der Waals surface area contributed by atoms with Crippen LogP contribution in [0.3, 0.4) is 0 Å². The molecule has 2 rings (SSSR count). The van der Waals surface area contributed by atoms with Crippen LogP contribution in [0.4, 0.5) is 5.69 Å². The summed E-state index contributed by atoms with van der Waals surface area (Å²) in [7, 11) is 1.62. The third-order valence-corrected chi connectivity index (χ3v) is 3.47. The van der Waals surface area contributed by atoms with Gasteiger partial charge in [0.05, 0.1) is 13.2 Å². The largest absolute Gasteiger partial charge is 0.497 e. The van der Waals surface area contributed by atoms with Crippen LogP contribution in [0.2, 0.25) is 0 Å². The predicted molar refractivity (Wildman–Crippen MR) is 84.5 cm³/mol. The number of amides is 1. The van der Waals surface area contributed by atoms with Crippen molar-refractivity contribution < 1.29 is 9.53 Å². The van der Waals surface area contributed by atoms with Crippen LogP contribution in [0, 0.1) is 6.92 Å². The highest BCUT2D eigenvalue weighted by molar-refractivity contribution is 5.95. The van der Waals surface area contributed by atoms with E-state index < -0.39 is 0 Å². The SMILES string of the molecule is COc1cccc(C(C)NC(=O)c2ccc(N)c(C)c2)c1. The van der Waals surface area contributed by atoms with Crippen molar-refractivity contribution >= 4 is 11.6 Å². The van der Waals surface area contributed by atoms with Crippen LogP contribution in [0.15, 0.2) is 42.5 Å². The van der Waals surface area contributed by atoms with Gasteiger partial charge >= 0.3 is 0 Å². The van der Waals surface area contributed by atoms with E-state index in [2.05, 4.69) is 5.32 Å². The molecule has 4 heteroatoms. The quantitative estimate of drug-likeness (QED) is 0.848. The van der Waals surface area contributed by atoms with Crippen molar-refractivity contribution in [2.24, 2.45) is 0 Å². The summed E-state index contributed by atoms with van der Waals surface area (Å²) in [5, 5.41) is 2.98.